The highest BCUT2D eigenvalue weighted by molar-refractivity contribution is 5.88. The van der Waals surface area contributed by atoms with Crippen LogP contribution in [0.5, 0.6) is 0 Å². The molecular weight excluding hydrogens is 234 g/mol. The van der Waals surface area contributed by atoms with E-state index in [-0.39, 0.29) is 11.7 Å². The van der Waals surface area contributed by atoms with Crippen molar-refractivity contribution >= 4 is 5.97 Å². The molecule has 0 radical (unpaired) electrons. The van der Waals surface area contributed by atoms with Crippen molar-refractivity contribution in [2.24, 2.45) is 0 Å². The summed E-state index contributed by atoms with van der Waals surface area (Å²) in [6.45, 7) is 9.71. The predicted octanol–water partition coefficient (Wildman–Crippen LogP) is 1.75. The van der Waals surface area contributed by atoms with Gasteiger partial charge in [0.1, 0.15) is 5.60 Å². The molecule has 0 N–H and O–H groups in total. The van der Waals surface area contributed by atoms with Crippen molar-refractivity contribution in [3.8, 4) is 0 Å². The van der Waals surface area contributed by atoms with Crippen molar-refractivity contribution in [1.82, 2.24) is 15.0 Å². The first kappa shape index (κ1) is 14.6. The summed E-state index contributed by atoms with van der Waals surface area (Å²) in [6.07, 6.45) is 0. The van der Waals surface area contributed by atoms with Crippen LogP contribution in [0, 0.1) is 6.92 Å². The largest absolute Gasteiger partial charge is 0.455 e. The summed E-state index contributed by atoms with van der Waals surface area (Å²) in [7, 11) is 1.62. The second-order valence-electron chi connectivity index (χ2n) is 5.27. The van der Waals surface area contributed by atoms with E-state index in [1.165, 1.54) is 0 Å². The first-order valence-electron chi connectivity index (χ1n) is 5.90. The average Bonchev–Trinajstić information content (AvgIpc) is 2.57. The Morgan fingerprint density at radius 2 is 2.06 bits per heavy atom. The maximum absolute atomic E-state index is 11.9. The highest BCUT2D eigenvalue weighted by atomic mass is 16.6. The zero-order chi connectivity index (χ0) is 13.9. The summed E-state index contributed by atoms with van der Waals surface area (Å²) in [5.74, 6) is -0.448. The van der Waals surface area contributed by atoms with Gasteiger partial charge >= 0.3 is 5.97 Å². The highest BCUT2D eigenvalue weighted by Gasteiger charge is 2.24. The van der Waals surface area contributed by atoms with Crippen LogP contribution in [0.2, 0.25) is 0 Å². The van der Waals surface area contributed by atoms with E-state index in [1.807, 2.05) is 27.7 Å². The Balaban J connectivity index is 2.90. The summed E-state index contributed by atoms with van der Waals surface area (Å²) in [6, 6.07) is 0.0266. The summed E-state index contributed by atoms with van der Waals surface area (Å²) in [5.41, 5.74) is 0.410. The molecule has 0 aliphatic rings. The SMILES string of the molecule is COCC(C)n1nnc(C(=O)OC(C)(C)C)c1C. The summed E-state index contributed by atoms with van der Waals surface area (Å²) in [5, 5.41) is 7.86. The molecule has 0 spiro atoms. The molecule has 1 atom stereocenters. The number of rotatable bonds is 4. The predicted molar refractivity (Wildman–Crippen MR) is 66.5 cm³/mol. The van der Waals surface area contributed by atoms with E-state index in [2.05, 4.69) is 10.3 Å². The van der Waals surface area contributed by atoms with E-state index >= 15 is 0 Å². The summed E-state index contributed by atoms with van der Waals surface area (Å²) >= 11 is 0. The van der Waals surface area contributed by atoms with Crippen molar-refractivity contribution in [3.05, 3.63) is 11.4 Å². The molecule has 18 heavy (non-hydrogen) atoms. The van der Waals surface area contributed by atoms with Crippen LogP contribution < -0.4 is 0 Å². The lowest BCUT2D eigenvalue weighted by molar-refractivity contribution is 0.00618. The van der Waals surface area contributed by atoms with Gasteiger partial charge < -0.3 is 9.47 Å². The Morgan fingerprint density at radius 1 is 1.44 bits per heavy atom. The Morgan fingerprint density at radius 3 is 2.56 bits per heavy atom. The van der Waals surface area contributed by atoms with Gasteiger partial charge in [-0.1, -0.05) is 5.21 Å². The van der Waals surface area contributed by atoms with Gasteiger partial charge in [-0.15, -0.1) is 5.10 Å². The van der Waals surface area contributed by atoms with Crippen LogP contribution in [0.4, 0.5) is 0 Å². The van der Waals surface area contributed by atoms with Gasteiger partial charge in [-0.25, -0.2) is 9.48 Å². The summed E-state index contributed by atoms with van der Waals surface area (Å²) in [4.78, 5) is 11.9. The van der Waals surface area contributed by atoms with Gasteiger partial charge in [-0.2, -0.15) is 0 Å². The Kier molecular flexibility index (Phi) is 4.45. The molecule has 6 heteroatoms. The number of carbonyl (C=O) groups excluding carboxylic acids is 1. The minimum absolute atomic E-state index is 0.0266. The van der Waals surface area contributed by atoms with Crippen molar-refractivity contribution < 1.29 is 14.3 Å². The molecule has 1 unspecified atom stereocenters. The highest BCUT2D eigenvalue weighted by Crippen LogP contribution is 2.15. The standard InChI is InChI=1S/C12H21N3O3/c1-8(7-17-6)15-9(2)10(13-14-15)11(16)18-12(3,4)5/h8H,7H2,1-6H3. The number of ether oxygens (including phenoxy) is 2. The monoisotopic (exact) mass is 255 g/mol. The third-order valence-electron chi connectivity index (χ3n) is 2.35. The Labute approximate surface area is 107 Å². The van der Waals surface area contributed by atoms with Gasteiger partial charge in [0.25, 0.3) is 0 Å². The average molecular weight is 255 g/mol. The molecule has 0 aliphatic carbocycles. The number of hydrogen-bond acceptors (Lipinski definition) is 5. The molecule has 0 aromatic carbocycles. The molecular formula is C12H21N3O3. The molecule has 0 aliphatic heterocycles. The zero-order valence-electron chi connectivity index (χ0n) is 11.9. The molecule has 1 aromatic rings. The van der Waals surface area contributed by atoms with Gasteiger partial charge in [0.05, 0.1) is 18.3 Å². The van der Waals surface area contributed by atoms with Gasteiger partial charge in [-0.3, -0.25) is 0 Å². The van der Waals surface area contributed by atoms with E-state index in [0.29, 0.717) is 12.3 Å². The number of nitrogens with zero attached hydrogens (tertiary/aromatic N) is 3. The smallest absolute Gasteiger partial charge is 0.361 e. The third-order valence-corrected chi connectivity index (χ3v) is 2.35. The van der Waals surface area contributed by atoms with E-state index in [9.17, 15) is 4.79 Å². The van der Waals surface area contributed by atoms with Crippen LogP contribution in [0.3, 0.4) is 0 Å². The molecule has 1 aromatic heterocycles. The molecule has 0 bridgehead atoms. The molecule has 1 heterocycles. The van der Waals surface area contributed by atoms with E-state index < -0.39 is 11.6 Å². The van der Waals surface area contributed by atoms with E-state index in [4.69, 9.17) is 9.47 Å². The fourth-order valence-electron chi connectivity index (χ4n) is 1.59. The van der Waals surface area contributed by atoms with Crippen molar-refractivity contribution in [2.75, 3.05) is 13.7 Å². The lowest BCUT2D eigenvalue weighted by Crippen LogP contribution is -2.24. The normalized spacial score (nSPS) is 13.4. The lowest BCUT2D eigenvalue weighted by Gasteiger charge is -2.18. The fraction of sp³-hybridized carbons (Fsp3) is 0.750. The maximum Gasteiger partial charge on any atom is 0.361 e. The van der Waals surface area contributed by atoms with E-state index in [1.54, 1.807) is 18.7 Å². The van der Waals surface area contributed by atoms with Crippen LogP contribution in [-0.2, 0) is 9.47 Å². The first-order valence-corrected chi connectivity index (χ1v) is 5.90. The van der Waals surface area contributed by atoms with Gasteiger partial charge in [0.2, 0.25) is 0 Å². The molecule has 0 saturated heterocycles. The fourth-order valence-corrected chi connectivity index (χ4v) is 1.59. The first-order chi connectivity index (χ1) is 8.26. The van der Waals surface area contributed by atoms with Crippen LogP contribution in [0.25, 0.3) is 0 Å². The minimum atomic E-state index is -0.536. The quantitative estimate of drug-likeness (QED) is 0.767. The molecule has 0 amide bonds. The van der Waals surface area contributed by atoms with Gasteiger partial charge in [-0.05, 0) is 34.6 Å². The lowest BCUT2D eigenvalue weighted by atomic mass is 10.2. The Hall–Kier alpha value is -1.43. The molecule has 6 nitrogen and oxygen atoms in total. The van der Waals surface area contributed by atoms with Crippen molar-refractivity contribution in [3.63, 3.8) is 0 Å². The second kappa shape index (κ2) is 5.48. The maximum atomic E-state index is 11.9. The Bertz CT molecular complexity index is 421. The van der Waals surface area contributed by atoms with Gasteiger partial charge in [0.15, 0.2) is 5.69 Å². The summed E-state index contributed by atoms with van der Waals surface area (Å²) < 4.78 is 12.0. The minimum Gasteiger partial charge on any atom is -0.455 e. The number of aromatic nitrogens is 3. The third kappa shape index (κ3) is 3.53. The molecule has 102 valence electrons. The van der Waals surface area contributed by atoms with Gasteiger partial charge in [0, 0.05) is 7.11 Å². The van der Waals surface area contributed by atoms with Crippen LogP contribution in [-0.4, -0.2) is 40.3 Å². The number of methoxy groups -OCH3 is 1. The molecule has 1 rings (SSSR count). The number of hydrogen-bond donors (Lipinski definition) is 0. The van der Waals surface area contributed by atoms with Crippen molar-refractivity contribution in [1.29, 1.82) is 0 Å². The van der Waals surface area contributed by atoms with Crippen molar-refractivity contribution in [2.45, 2.75) is 46.3 Å². The van der Waals surface area contributed by atoms with E-state index in [0.717, 1.165) is 0 Å². The molecule has 0 saturated carbocycles. The number of esters is 1. The second-order valence-corrected chi connectivity index (χ2v) is 5.27. The number of carbonyl (C=O) groups is 1. The molecule has 0 fully saturated rings. The van der Waals surface area contributed by atoms with Crippen LogP contribution >= 0.6 is 0 Å². The topological polar surface area (TPSA) is 66.2 Å². The van der Waals surface area contributed by atoms with Crippen LogP contribution in [0.15, 0.2) is 0 Å². The van der Waals surface area contributed by atoms with Crippen LogP contribution in [0.1, 0.15) is 49.9 Å². The zero-order valence-corrected chi connectivity index (χ0v) is 11.9.